The van der Waals surface area contributed by atoms with E-state index in [2.05, 4.69) is 5.16 Å². The molecule has 0 radical (unpaired) electrons. The second kappa shape index (κ2) is 5.40. The Balaban J connectivity index is 1.96. The normalized spacial score (nSPS) is 17.5. The molecule has 0 amide bonds. The number of piperidine rings is 1. The molecule has 22 heavy (non-hydrogen) atoms. The average molecular weight is 308 g/mol. The Morgan fingerprint density at radius 3 is 2.45 bits per heavy atom. The van der Waals surface area contributed by atoms with Crippen LogP contribution < -0.4 is 4.90 Å². The minimum Gasteiger partial charge on any atom is -0.477 e. The van der Waals surface area contributed by atoms with E-state index in [0.29, 0.717) is 5.56 Å². The molecule has 1 aliphatic rings. The fourth-order valence-corrected chi connectivity index (χ4v) is 2.52. The van der Waals surface area contributed by atoms with E-state index in [1.54, 1.807) is 30.3 Å². The first-order valence-corrected chi connectivity index (χ1v) is 6.89. The van der Waals surface area contributed by atoms with Crippen LogP contribution in [0.25, 0.3) is 11.3 Å². The smallest absolute Gasteiger partial charge is 0.343 e. The van der Waals surface area contributed by atoms with E-state index in [1.165, 1.54) is 4.90 Å². The van der Waals surface area contributed by atoms with Crippen LogP contribution in [0, 0.1) is 0 Å². The molecular formula is C15H14F2N2O3. The van der Waals surface area contributed by atoms with Crippen molar-refractivity contribution in [2.24, 2.45) is 0 Å². The maximum Gasteiger partial charge on any atom is 0.343 e. The van der Waals surface area contributed by atoms with Gasteiger partial charge in [-0.2, -0.15) is 0 Å². The van der Waals surface area contributed by atoms with E-state index in [0.717, 1.165) is 0 Å². The van der Waals surface area contributed by atoms with Gasteiger partial charge >= 0.3 is 5.97 Å². The van der Waals surface area contributed by atoms with Crippen LogP contribution in [0.15, 0.2) is 34.9 Å². The Morgan fingerprint density at radius 2 is 1.86 bits per heavy atom. The number of carboxylic acids is 1. The third-order valence-corrected chi connectivity index (χ3v) is 3.72. The first-order valence-electron chi connectivity index (χ1n) is 6.89. The summed E-state index contributed by atoms with van der Waals surface area (Å²) in [5.41, 5.74) is 0.498. The summed E-state index contributed by atoms with van der Waals surface area (Å²) in [6.07, 6.45) is -0.640. The van der Waals surface area contributed by atoms with Crippen LogP contribution in [0.5, 0.6) is 0 Å². The van der Waals surface area contributed by atoms with Crippen LogP contribution in [0.1, 0.15) is 23.2 Å². The van der Waals surface area contributed by atoms with Gasteiger partial charge in [0.1, 0.15) is 0 Å². The predicted octanol–water partition coefficient (Wildman–Crippen LogP) is 3.28. The fraction of sp³-hybridized carbons (Fsp3) is 0.333. The van der Waals surface area contributed by atoms with Crippen LogP contribution in [-0.2, 0) is 0 Å². The van der Waals surface area contributed by atoms with E-state index in [-0.39, 0.29) is 43.1 Å². The number of nitrogens with zero attached hydrogens (tertiary/aromatic N) is 2. The molecule has 1 saturated heterocycles. The predicted molar refractivity (Wildman–Crippen MR) is 75.3 cm³/mol. The summed E-state index contributed by atoms with van der Waals surface area (Å²) in [5, 5.41) is 13.3. The van der Waals surface area contributed by atoms with Crippen molar-refractivity contribution in [3.8, 4) is 11.3 Å². The maximum atomic E-state index is 13.2. The lowest BCUT2D eigenvalue weighted by Gasteiger charge is -2.31. The highest BCUT2D eigenvalue weighted by Crippen LogP contribution is 2.35. The Bertz CT molecular complexity index is 675. The van der Waals surface area contributed by atoms with Gasteiger partial charge in [-0.05, 0) is 0 Å². The summed E-state index contributed by atoms with van der Waals surface area (Å²) >= 11 is 0. The molecule has 0 unspecified atom stereocenters. The number of rotatable bonds is 3. The van der Waals surface area contributed by atoms with E-state index >= 15 is 0 Å². The van der Waals surface area contributed by atoms with Gasteiger partial charge in [0, 0.05) is 31.5 Å². The van der Waals surface area contributed by atoms with E-state index < -0.39 is 11.9 Å². The van der Waals surface area contributed by atoms with Gasteiger partial charge in [-0.3, -0.25) is 0 Å². The number of aromatic nitrogens is 1. The zero-order chi connectivity index (χ0) is 15.7. The van der Waals surface area contributed by atoms with Gasteiger partial charge in [0.25, 0.3) is 5.92 Å². The first kappa shape index (κ1) is 14.5. The molecule has 116 valence electrons. The van der Waals surface area contributed by atoms with Crippen LogP contribution in [0.2, 0.25) is 0 Å². The van der Waals surface area contributed by atoms with Gasteiger partial charge in [-0.25, -0.2) is 13.6 Å². The number of aromatic carboxylic acids is 1. The lowest BCUT2D eigenvalue weighted by atomic mass is 10.0. The Hall–Kier alpha value is -2.44. The second-order valence-corrected chi connectivity index (χ2v) is 5.22. The molecule has 0 spiro atoms. The quantitative estimate of drug-likeness (QED) is 0.942. The van der Waals surface area contributed by atoms with Crippen LogP contribution >= 0.6 is 0 Å². The van der Waals surface area contributed by atoms with Gasteiger partial charge in [-0.1, -0.05) is 35.5 Å². The number of carboxylic acid groups (broad SMARTS) is 1. The van der Waals surface area contributed by atoms with Crippen LogP contribution in [0.3, 0.4) is 0 Å². The Morgan fingerprint density at radius 1 is 1.23 bits per heavy atom. The number of hydrogen-bond donors (Lipinski definition) is 1. The zero-order valence-corrected chi connectivity index (χ0v) is 11.6. The summed E-state index contributed by atoms with van der Waals surface area (Å²) in [5.74, 6) is -3.64. The lowest BCUT2D eigenvalue weighted by molar-refractivity contribution is -0.0222. The highest BCUT2D eigenvalue weighted by atomic mass is 19.3. The van der Waals surface area contributed by atoms with Crippen molar-refractivity contribution in [1.29, 1.82) is 0 Å². The molecule has 0 bridgehead atoms. The van der Waals surface area contributed by atoms with E-state index in [9.17, 15) is 18.7 Å². The molecule has 0 aliphatic carbocycles. The van der Waals surface area contributed by atoms with Gasteiger partial charge in [0.05, 0.1) is 0 Å². The van der Waals surface area contributed by atoms with Crippen molar-refractivity contribution < 1.29 is 23.2 Å². The molecule has 0 saturated carbocycles. The monoisotopic (exact) mass is 308 g/mol. The molecule has 5 nitrogen and oxygen atoms in total. The molecule has 2 heterocycles. The highest BCUT2D eigenvalue weighted by Gasteiger charge is 2.37. The topological polar surface area (TPSA) is 66.6 Å². The van der Waals surface area contributed by atoms with Crippen molar-refractivity contribution in [2.75, 3.05) is 18.0 Å². The number of anilines is 1. The molecule has 2 aromatic rings. The minimum absolute atomic E-state index is 0.0496. The zero-order valence-electron chi connectivity index (χ0n) is 11.6. The highest BCUT2D eigenvalue weighted by molar-refractivity contribution is 5.99. The van der Waals surface area contributed by atoms with Crippen molar-refractivity contribution in [3.05, 3.63) is 35.9 Å². The first-order chi connectivity index (χ1) is 10.5. The molecule has 7 heteroatoms. The molecule has 1 aromatic heterocycles. The molecular weight excluding hydrogens is 294 g/mol. The van der Waals surface area contributed by atoms with Crippen LogP contribution in [0.4, 0.5) is 14.6 Å². The molecule has 1 aromatic carbocycles. The Labute approximate surface area is 125 Å². The van der Waals surface area contributed by atoms with Crippen molar-refractivity contribution >= 4 is 11.8 Å². The number of benzene rings is 1. The summed E-state index contributed by atoms with van der Waals surface area (Å²) < 4.78 is 31.7. The fourth-order valence-electron chi connectivity index (χ4n) is 2.52. The van der Waals surface area contributed by atoms with Gasteiger partial charge in [0.15, 0.2) is 17.1 Å². The van der Waals surface area contributed by atoms with Gasteiger partial charge < -0.3 is 14.5 Å². The number of carbonyl (C=O) groups is 1. The van der Waals surface area contributed by atoms with Crippen LogP contribution in [-0.4, -0.2) is 35.2 Å². The summed E-state index contributed by atoms with van der Waals surface area (Å²) in [6, 6.07) is 8.73. The molecule has 1 fully saturated rings. The average Bonchev–Trinajstić information content (AvgIpc) is 2.93. The van der Waals surface area contributed by atoms with Gasteiger partial charge in [0.2, 0.25) is 0 Å². The number of halogens is 2. The third-order valence-electron chi connectivity index (χ3n) is 3.72. The summed E-state index contributed by atoms with van der Waals surface area (Å²) in [7, 11) is 0. The maximum absolute atomic E-state index is 13.2. The van der Waals surface area contributed by atoms with E-state index in [1.807, 2.05) is 0 Å². The number of alkyl halides is 2. The largest absolute Gasteiger partial charge is 0.477 e. The summed E-state index contributed by atoms with van der Waals surface area (Å²) in [6.45, 7) is 0.0993. The standard InChI is InChI=1S/C15H14F2N2O3/c16-15(17)6-8-19(9-7-15)13-11(14(20)21)12(22-18-13)10-4-2-1-3-5-10/h1-5H,6-9H2,(H,20,21). The van der Waals surface area contributed by atoms with Crippen molar-refractivity contribution in [3.63, 3.8) is 0 Å². The molecule has 1 aliphatic heterocycles. The second-order valence-electron chi connectivity index (χ2n) is 5.22. The van der Waals surface area contributed by atoms with Crippen molar-refractivity contribution in [2.45, 2.75) is 18.8 Å². The molecule has 3 rings (SSSR count). The van der Waals surface area contributed by atoms with E-state index in [4.69, 9.17) is 4.52 Å². The molecule has 1 N–H and O–H groups in total. The molecule has 0 atom stereocenters. The third kappa shape index (κ3) is 2.66. The number of hydrogen-bond acceptors (Lipinski definition) is 4. The van der Waals surface area contributed by atoms with Gasteiger partial charge in [-0.15, -0.1) is 0 Å². The van der Waals surface area contributed by atoms with Crippen molar-refractivity contribution in [1.82, 2.24) is 5.16 Å². The lowest BCUT2D eigenvalue weighted by Crippen LogP contribution is -2.40. The Kier molecular flexibility index (Phi) is 3.56. The minimum atomic E-state index is -2.70. The summed E-state index contributed by atoms with van der Waals surface area (Å²) in [4.78, 5) is 13.1. The SMILES string of the molecule is O=C(O)c1c(N2CCC(F)(F)CC2)noc1-c1ccccc1.